The Hall–Kier alpha value is -3.48. The quantitative estimate of drug-likeness (QED) is 0.636. The lowest BCUT2D eigenvalue weighted by Crippen LogP contribution is -2.28. The zero-order valence-electron chi connectivity index (χ0n) is 17.6. The Balaban J connectivity index is 1.53. The van der Waals surface area contributed by atoms with Crippen molar-refractivity contribution in [1.82, 2.24) is 5.16 Å². The van der Waals surface area contributed by atoms with Gasteiger partial charge in [0.15, 0.2) is 17.3 Å². The first kappa shape index (κ1) is 19.8. The number of carbonyl (C=O) groups is 1. The molecule has 0 aliphatic heterocycles. The highest BCUT2D eigenvalue weighted by Crippen LogP contribution is 2.49. The minimum atomic E-state index is -0.640. The number of aromatic nitrogens is 1. The average Bonchev–Trinajstić information content (AvgIpc) is 3.43. The zero-order chi connectivity index (χ0) is 21.3. The monoisotopic (exact) mass is 407 g/mol. The molecule has 1 saturated carbocycles. The van der Waals surface area contributed by atoms with Gasteiger partial charge in [0, 0.05) is 37.1 Å². The molecule has 0 unspecified atom stereocenters. The Kier molecular flexibility index (Phi) is 5.11. The largest absolute Gasteiger partial charge is 0.493 e. The van der Waals surface area contributed by atoms with Gasteiger partial charge in [-0.1, -0.05) is 5.16 Å². The topological polar surface area (TPSA) is 76.8 Å². The smallest absolute Gasteiger partial charge is 0.236 e. The van der Waals surface area contributed by atoms with Crippen molar-refractivity contribution in [2.45, 2.75) is 18.3 Å². The van der Waals surface area contributed by atoms with Crippen LogP contribution in [0.1, 0.15) is 18.5 Å². The number of nitrogens with zero attached hydrogens (tertiary/aromatic N) is 2. The van der Waals surface area contributed by atoms with Crippen molar-refractivity contribution < 1.29 is 18.8 Å². The van der Waals surface area contributed by atoms with Gasteiger partial charge in [-0.3, -0.25) is 4.79 Å². The van der Waals surface area contributed by atoms with Gasteiger partial charge < -0.3 is 24.2 Å². The number of benzene rings is 2. The summed E-state index contributed by atoms with van der Waals surface area (Å²) >= 11 is 0. The van der Waals surface area contributed by atoms with E-state index in [0.29, 0.717) is 23.0 Å². The SMILES string of the molecule is COc1ccc(-c2cc(C3(C(=O)Nc4ccc(N(C)C)cc4)CC3)no2)cc1OC. The van der Waals surface area contributed by atoms with E-state index in [2.05, 4.69) is 10.5 Å². The fraction of sp³-hybridized carbons (Fsp3) is 0.304. The van der Waals surface area contributed by atoms with Crippen LogP contribution in [0.5, 0.6) is 11.5 Å². The fourth-order valence-electron chi connectivity index (χ4n) is 3.44. The van der Waals surface area contributed by atoms with Crippen LogP contribution in [-0.4, -0.2) is 39.4 Å². The Morgan fingerprint density at radius 2 is 1.73 bits per heavy atom. The third-order valence-corrected chi connectivity index (χ3v) is 5.49. The summed E-state index contributed by atoms with van der Waals surface area (Å²) in [6, 6.07) is 15.1. The van der Waals surface area contributed by atoms with E-state index in [-0.39, 0.29) is 5.91 Å². The Labute approximate surface area is 175 Å². The predicted octanol–water partition coefficient (Wildman–Crippen LogP) is 4.10. The van der Waals surface area contributed by atoms with Crippen molar-refractivity contribution in [3.63, 3.8) is 0 Å². The molecule has 7 heteroatoms. The summed E-state index contributed by atoms with van der Waals surface area (Å²) in [5.74, 6) is 1.76. The van der Waals surface area contributed by atoms with Gasteiger partial charge in [-0.2, -0.15) is 0 Å². The number of amides is 1. The third kappa shape index (κ3) is 3.58. The maximum atomic E-state index is 13.0. The predicted molar refractivity (Wildman–Crippen MR) is 115 cm³/mol. The minimum absolute atomic E-state index is 0.0627. The van der Waals surface area contributed by atoms with Crippen LogP contribution < -0.4 is 19.7 Å². The third-order valence-electron chi connectivity index (χ3n) is 5.49. The Morgan fingerprint density at radius 1 is 1.03 bits per heavy atom. The number of ether oxygens (including phenoxy) is 2. The molecule has 2 aromatic carbocycles. The highest BCUT2D eigenvalue weighted by Gasteiger charge is 2.53. The molecule has 1 aliphatic rings. The molecule has 4 rings (SSSR count). The van der Waals surface area contributed by atoms with Gasteiger partial charge in [-0.25, -0.2) is 0 Å². The van der Waals surface area contributed by atoms with E-state index in [1.54, 1.807) is 14.2 Å². The summed E-state index contributed by atoms with van der Waals surface area (Å²) < 4.78 is 16.2. The molecular formula is C23H25N3O4. The lowest BCUT2D eigenvalue weighted by Gasteiger charge is -2.15. The van der Waals surface area contributed by atoms with Crippen LogP contribution in [0.25, 0.3) is 11.3 Å². The zero-order valence-corrected chi connectivity index (χ0v) is 17.6. The van der Waals surface area contributed by atoms with Crippen LogP contribution >= 0.6 is 0 Å². The first-order chi connectivity index (χ1) is 14.5. The van der Waals surface area contributed by atoms with Gasteiger partial charge in [0.2, 0.25) is 5.91 Å². The van der Waals surface area contributed by atoms with Crippen molar-refractivity contribution in [3.8, 4) is 22.8 Å². The molecule has 30 heavy (non-hydrogen) atoms. The van der Waals surface area contributed by atoms with Gasteiger partial charge in [0.25, 0.3) is 0 Å². The highest BCUT2D eigenvalue weighted by atomic mass is 16.5. The van der Waals surface area contributed by atoms with Gasteiger partial charge >= 0.3 is 0 Å². The van der Waals surface area contributed by atoms with Gasteiger partial charge in [-0.15, -0.1) is 0 Å². The van der Waals surface area contributed by atoms with Crippen molar-refractivity contribution in [1.29, 1.82) is 0 Å². The first-order valence-corrected chi connectivity index (χ1v) is 9.75. The molecule has 0 spiro atoms. The fourth-order valence-corrected chi connectivity index (χ4v) is 3.44. The van der Waals surface area contributed by atoms with Gasteiger partial charge in [-0.05, 0) is 55.3 Å². The molecule has 0 atom stereocenters. The van der Waals surface area contributed by atoms with Crippen molar-refractivity contribution in [2.24, 2.45) is 0 Å². The van der Waals surface area contributed by atoms with Crippen LogP contribution in [0.2, 0.25) is 0 Å². The standard InChI is InChI=1S/C23H25N3O4/c1-26(2)17-8-6-16(7-9-17)24-22(27)23(11-12-23)21-14-19(30-25-21)15-5-10-18(28-3)20(13-15)29-4/h5-10,13-14H,11-12H2,1-4H3,(H,24,27). The van der Waals surface area contributed by atoms with Crippen LogP contribution in [-0.2, 0) is 10.2 Å². The number of hydrogen-bond donors (Lipinski definition) is 1. The summed E-state index contributed by atoms with van der Waals surface area (Å²) in [5.41, 5.74) is 2.65. The van der Waals surface area contributed by atoms with Crippen molar-refractivity contribution in [3.05, 3.63) is 54.2 Å². The Bertz CT molecular complexity index is 1050. The number of methoxy groups -OCH3 is 2. The summed E-state index contributed by atoms with van der Waals surface area (Å²) in [5, 5.41) is 7.23. The molecule has 1 aromatic heterocycles. The Morgan fingerprint density at radius 3 is 2.33 bits per heavy atom. The summed E-state index contributed by atoms with van der Waals surface area (Å²) in [6.45, 7) is 0. The number of carbonyl (C=O) groups excluding carboxylic acids is 1. The normalized spacial score (nSPS) is 14.1. The molecule has 3 aromatic rings. The summed E-state index contributed by atoms with van der Waals surface area (Å²) in [4.78, 5) is 15.0. The number of hydrogen-bond acceptors (Lipinski definition) is 6. The highest BCUT2D eigenvalue weighted by molar-refractivity contribution is 6.01. The van der Waals surface area contributed by atoms with Crippen LogP contribution in [0.15, 0.2) is 53.1 Å². The first-order valence-electron chi connectivity index (χ1n) is 9.75. The summed E-state index contributed by atoms with van der Waals surface area (Å²) in [7, 11) is 7.14. The summed E-state index contributed by atoms with van der Waals surface area (Å²) in [6.07, 6.45) is 1.49. The minimum Gasteiger partial charge on any atom is -0.493 e. The molecule has 1 amide bonds. The van der Waals surface area contributed by atoms with E-state index in [1.165, 1.54) is 0 Å². The van der Waals surface area contributed by atoms with Gasteiger partial charge in [0.05, 0.1) is 25.3 Å². The second kappa shape index (κ2) is 7.74. The molecule has 0 bridgehead atoms. The van der Waals surface area contributed by atoms with Crippen molar-refractivity contribution in [2.75, 3.05) is 38.5 Å². The van der Waals surface area contributed by atoms with Crippen LogP contribution in [0.3, 0.4) is 0 Å². The number of nitrogens with one attached hydrogen (secondary N) is 1. The van der Waals surface area contributed by atoms with E-state index in [1.807, 2.05) is 67.5 Å². The second-order valence-electron chi connectivity index (χ2n) is 7.62. The second-order valence-corrected chi connectivity index (χ2v) is 7.62. The van der Waals surface area contributed by atoms with E-state index < -0.39 is 5.41 Å². The van der Waals surface area contributed by atoms with E-state index in [4.69, 9.17) is 14.0 Å². The lowest BCUT2D eigenvalue weighted by atomic mass is 10.00. The van der Waals surface area contributed by atoms with Crippen molar-refractivity contribution >= 4 is 17.3 Å². The number of rotatable bonds is 7. The molecule has 156 valence electrons. The average molecular weight is 407 g/mol. The molecule has 1 fully saturated rings. The maximum absolute atomic E-state index is 13.0. The number of anilines is 2. The van der Waals surface area contributed by atoms with Gasteiger partial charge in [0.1, 0.15) is 0 Å². The van der Waals surface area contributed by atoms with E-state index >= 15 is 0 Å². The maximum Gasteiger partial charge on any atom is 0.236 e. The van der Waals surface area contributed by atoms with E-state index in [0.717, 1.165) is 29.8 Å². The molecular weight excluding hydrogens is 382 g/mol. The van der Waals surface area contributed by atoms with E-state index in [9.17, 15) is 4.79 Å². The van der Waals surface area contributed by atoms with Crippen LogP contribution in [0, 0.1) is 0 Å². The molecule has 0 radical (unpaired) electrons. The van der Waals surface area contributed by atoms with Crippen LogP contribution in [0.4, 0.5) is 11.4 Å². The molecule has 0 saturated heterocycles. The molecule has 1 N–H and O–H groups in total. The molecule has 7 nitrogen and oxygen atoms in total. The lowest BCUT2D eigenvalue weighted by molar-refractivity contribution is -0.118. The molecule has 1 heterocycles. The molecule has 1 aliphatic carbocycles.